The molecule has 0 spiro atoms. The highest BCUT2D eigenvalue weighted by Gasteiger charge is 2.34. The average Bonchev–Trinajstić information content (AvgIpc) is 3.57. The summed E-state index contributed by atoms with van der Waals surface area (Å²) in [5.74, 6) is 0.825. The van der Waals surface area contributed by atoms with E-state index in [0.717, 1.165) is 35.3 Å². The number of nitrogens with one attached hydrogen (secondary N) is 2. The molecule has 5 heteroatoms. The first-order valence-electron chi connectivity index (χ1n) is 9.80. The summed E-state index contributed by atoms with van der Waals surface area (Å²) >= 11 is 0. The van der Waals surface area contributed by atoms with Gasteiger partial charge in [0.05, 0.1) is 13.2 Å². The van der Waals surface area contributed by atoms with Crippen molar-refractivity contribution in [1.29, 1.82) is 0 Å². The quantitative estimate of drug-likeness (QED) is 0.663. The maximum Gasteiger partial charge on any atom is 0.261 e. The van der Waals surface area contributed by atoms with E-state index in [1.54, 1.807) is 19.2 Å². The van der Waals surface area contributed by atoms with Crippen LogP contribution in [0.25, 0.3) is 11.3 Å². The number of carbonyl (C=O) groups is 1. The predicted octanol–water partition coefficient (Wildman–Crippen LogP) is 4.24. The summed E-state index contributed by atoms with van der Waals surface area (Å²) in [6.45, 7) is 2.00. The van der Waals surface area contributed by atoms with Crippen molar-refractivity contribution in [2.75, 3.05) is 7.11 Å². The molecule has 0 radical (unpaired) electrons. The second kappa shape index (κ2) is 7.95. The first-order valence-corrected chi connectivity index (χ1v) is 9.80. The maximum absolute atomic E-state index is 12.9. The number of pyridine rings is 1. The lowest BCUT2D eigenvalue weighted by Crippen LogP contribution is -2.33. The van der Waals surface area contributed by atoms with Gasteiger partial charge in [-0.3, -0.25) is 9.59 Å². The molecule has 2 aromatic carbocycles. The summed E-state index contributed by atoms with van der Waals surface area (Å²) < 4.78 is 5.21. The van der Waals surface area contributed by atoms with Gasteiger partial charge < -0.3 is 15.0 Å². The molecule has 1 amide bonds. The third-order valence-corrected chi connectivity index (χ3v) is 5.34. The van der Waals surface area contributed by atoms with Crippen LogP contribution in [0.3, 0.4) is 0 Å². The third kappa shape index (κ3) is 4.24. The molecule has 1 unspecified atom stereocenters. The molecule has 0 aliphatic heterocycles. The van der Waals surface area contributed by atoms with E-state index < -0.39 is 0 Å². The number of hydrogen-bond donors (Lipinski definition) is 2. The zero-order chi connectivity index (χ0) is 20.4. The van der Waals surface area contributed by atoms with Crippen LogP contribution in [-0.4, -0.2) is 18.0 Å². The van der Waals surface area contributed by atoms with E-state index in [2.05, 4.69) is 10.3 Å². The van der Waals surface area contributed by atoms with Gasteiger partial charge in [0, 0.05) is 5.69 Å². The minimum absolute atomic E-state index is 0.107. The molecule has 1 fully saturated rings. The van der Waals surface area contributed by atoms with Gasteiger partial charge in [-0.1, -0.05) is 35.9 Å². The van der Waals surface area contributed by atoms with Gasteiger partial charge in [0.15, 0.2) is 0 Å². The minimum Gasteiger partial charge on any atom is -0.497 e. The minimum atomic E-state index is -0.384. The molecule has 3 aromatic rings. The third-order valence-electron chi connectivity index (χ3n) is 5.34. The molecule has 148 valence electrons. The molecule has 1 atom stereocenters. The second-order valence-corrected chi connectivity index (χ2v) is 7.55. The van der Waals surface area contributed by atoms with E-state index in [9.17, 15) is 9.59 Å². The molecule has 1 heterocycles. The number of carbonyl (C=O) groups excluding carboxylic acids is 1. The number of benzene rings is 2. The molecule has 1 aliphatic rings. The molecule has 29 heavy (non-hydrogen) atoms. The van der Waals surface area contributed by atoms with Crippen LogP contribution in [0.2, 0.25) is 0 Å². The van der Waals surface area contributed by atoms with Crippen molar-refractivity contribution in [1.82, 2.24) is 10.3 Å². The van der Waals surface area contributed by atoms with E-state index in [4.69, 9.17) is 4.74 Å². The van der Waals surface area contributed by atoms with Gasteiger partial charge >= 0.3 is 0 Å². The van der Waals surface area contributed by atoms with E-state index >= 15 is 0 Å². The topological polar surface area (TPSA) is 71.2 Å². The highest BCUT2D eigenvalue weighted by molar-refractivity contribution is 5.94. The molecule has 1 aliphatic carbocycles. The van der Waals surface area contributed by atoms with Crippen molar-refractivity contribution in [2.45, 2.75) is 25.8 Å². The number of hydrogen-bond acceptors (Lipinski definition) is 3. The molecular weight excluding hydrogens is 364 g/mol. The van der Waals surface area contributed by atoms with Crippen molar-refractivity contribution in [3.05, 3.63) is 87.7 Å². The number of amides is 1. The second-order valence-electron chi connectivity index (χ2n) is 7.55. The van der Waals surface area contributed by atoms with Crippen molar-refractivity contribution in [3.8, 4) is 17.0 Å². The Morgan fingerprint density at radius 3 is 2.48 bits per heavy atom. The number of aromatic nitrogens is 1. The highest BCUT2D eigenvalue weighted by Crippen LogP contribution is 2.41. The van der Waals surface area contributed by atoms with Gasteiger partial charge in [-0.2, -0.15) is 0 Å². The van der Waals surface area contributed by atoms with Crippen molar-refractivity contribution < 1.29 is 9.53 Å². The normalized spacial score (nSPS) is 14.3. The van der Waals surface area contributed by atoms with Gasteiger partial charge in [0.25, 0.3) is 11.5 Å². The van der Waals surface area contributed by atoms with Crippen molar-refractivity contribution >= 4 is 5.91 Å². The van der Waals surface area contributed by atoms with Crippen LogP contribution in [0.1, 0.15) is 40.4 Å². The molecule has 5 nitrogen and oxygen atoms in total. The van der Waals surface area contributed by atoms with Crippen LogP contribution in [0.5, 0.6) is 5.75 Å². The smallest absolute Gasteiger partial charge is 0.261 e. The van der Waals surface area contributed by atoms with Crippen LogP contribution in [0, 0.1) is 12.8 Å². The van der Waals surface area contributed by atoms with E-state index in [-0.39, 0.29) is 23.1 Å². The Labute approximate surface area is 169 Å². The first-order chi connectivity index (χ1) is 14.0. The molecule has 4 rings (SSSR count). The lowest BCUT2D eigenvalue weighted by atomic mass is 10.0. The monoisotopic (exact) mass is 388 g/mol. The van der Waals surface area contributed by atoms with Gasteiger partial charge in [-0.15, -0.1) is 0 Å². The van der Waals surface area contributed by atoms with Crippen LogP contribution in [0.4, 0.5) is 0 Å². The van der Waals surface area contributed by atoms with Crippen molar-refractivity contribution in [2.24, 2.45) is 5.92 Å². The molecule has 0 saturated heterocycles. The Hall–Kier alpha value is -3.34. The largest absolute Gasteiger partial charge is 0.497 e. The Morgan fingerprint density at radius 2 is 1.86 bits per heavy atom. The number of ether oxygens (including phenoxy) is 1. The standard InChI is InChI=1S/C24H24N2O3/c1-15-4-3-5-18(14-15)21-13-12-20(23(27)25-21)24(28)26-22(16-6-7-16)17-8-10-19(29-2)11-9-17/h3-5,8-14,16,22H,6-7H2,1-2H3,(H,25,27)(H,26,28). The summed E-state index contributed by atoms with van der Waals surface area (Å²) in [5.41, 5.74) is 3.49. The number of rotatable bonds is 6. The lowest BCUT2D eigenvalue weighted by molar-refractivity contribution is 0.0930. The molecule has 0 bridgehead atoms. The van der Waals surface area contributed by atoms with Gasteiger partial charge in [0.1, 0.15) is 11.3 Å². The molecule has 2 N–H and O–H groups in total. The van der Waals surface area contributed by atoms with Gasteiger partial charge in [-0.25, -0.2) is 0 Å². The fourth-order valence-corrected chi connectivity index (χ4v) is 3.57. The van der Waals surface area contributed by atoms with Crippen LogP contribution in [-0.2, 0) is 0 Å². The van der Waals surface area contributed by atoms with Crippen molar-refractivity contribution in [3.63, 3.8) is 0 Å². The van der Waals surface area contributed by atoms with Crippen LogP contribution in [0.15, 0.2) is 65.5 Å². The zero-order valence-corrected chi connectivity index (χ0v) is 16.6. The molecular formula is C24H24N2O3. The fraction of sp³-hybridized carbons (Fsp3) is 0.250. The van der Waals surface area contributed by atoms with Crippen LogP contribution < -0.4 is 15.6 Å². The Morgan fingerprint density at radius 1 is 1.10 bits per heavy atom. The fourth-order valence-electron chi connectivity index (χ4n) is 3.57. The van der Waals surface area contributed by atoms with E-state index in [1.807, 2.05) is 55.5 Å². The van der Waals surface area contributed by atoms with Crippen LogP contribution >= 0.6 is 0 Å². The van der Waals surface area contributed by atoms with Gasteiger partial charge in [0.2, 0.25) is 0 Å². The Bertz CT molecular complexity index is 1080. The maximum atomic E-state index is 12.9. The molecule has 1 aromatic heterocycles. The summed E-state index contributed by atoms with van der Waals surface area (Å²) in [6, 6.07) is 18.9. The summed E-state index contributed by atoms with van der Waals surface area (Å²) in [4.78, 5) is 28.3. The predicted molar refractivity (Wildman–Crippen MR) is 113 cm³/mol. The number of aromatic amines is 1. The van der Waals surface area contributed by atoms with E-state index in [1.165, 1.54) is 0 Å². The summed E-state index contributed by atoms with van der Waals surface area (Å²) in [7, 11) is 1.63. The van der Waals surface area contributed by atoms with E-state index in [0.29, 0.717) is 11.6 Å². The Balaban J connectivity index is 1.56. The Kier molecular flexibility index (Phi) is 5.21. The zero-order valence-electron chi connectivity index (χ0n) is 16.6. The SMILES string of the molecule is COc1ccc(C(NC(=O)c2ccc(-c3cccc(C)c3)[nH]c2=O)C2CC2)cc1. The summed E-state index contributed by atoms with van der Waals surface area (Å²) in [5, 5.41) is 3.06. The average molecular weight is 388 g/mol. The molecule has 1 saturated carbocycles. The number of methoxy groups -OCH3 is 1. The highest BCUT2D eigenvalue weighted by atomic mass is 16.5. The van der Waals surface area contributed by atoms with Gasteiger partial charge in [-0.05, 0) is 67.1 Å². The number of aryl methyl sites for hydroxylation is 1. The number of H-pyrrole nitrogens is 1. The lowest BCUT2D eigenvalue weighted by Gasteiger charge is -2.19. The first kappa shape index (κ1) is 19.0. The summed E-state index contributed by atoms with van der Waals surface area (Å²) in [6.07, 6.45) is 2.14.